The second kappa shape index (κ2) is 12.6. The van der Waals surface area contributed by atoms with Crippen molar-refractivity contribution in [2.75, 3.05) is 53.7 Å². The summed E-state index contributed by atoms with van der Waals surface area (Å²) >= 11 is 0. The number of nitrogens with one attached hydrogen (secondary N) is 1. The summed E-state index contributed by atoms with van der Waals surface area (Å²) in [6.45, 7) is 5.93. The van der Waals surface area contributed by atoms with Gasteiger partial charge >= 0.3 is 0 Å². The van der Waals surface area contributed by atoms with Crippen LogP contribution in [0.2, 0.25) is 0 Å². The molecule has 0 saturated carbocycles. The lowest BCUT2D eigenvalue weighted by Crippen LogP contribution is -3.14. The van der Waals surface area contributed by atoms with Crippen molar-refractivity contribution in [2.24, 2.45) is 0 Å². The lowest BCUT2D eigenvalue weighted by molar-refractivity contribution is -0.904. The van der Waals surface area contributed by atoms with E-state index in [0.29, 0.717) is 19.8 Å². The second-order valence-electron chi connectivity index (χ2n) is 7.07. The number of aliphatic hydroxyl groups excluding tert-OH is 1. The van der Waals surface area contributed by atoms with E-state index in [1.165, 1.54) is 10.5 Å². The average Bonchev–Trinajstić information content (AvgIpc) is 2.72. The highest BCUT2D eigenvalue weighted by atomic mass is 16.5. The highest BCUT2D eigenvalue weighted by Crippen LogP contribution is 2.28. The van der Waals surface area contributed by atoms with Crippen LogP contribution < -0.4 is 4.90 Å². The molecule has 0 aromatic heterocycles. The van der Waals surface area contributed by atoms with Crippen LogP contribution in [0.1, 0.15) is 22.8 Å². The lowest BCUT2D eigenvalue weighted by atomic mass is 9.97. The number of quaternary nitrogens is 1. The Hall–Kier alpha value is -1.76. The number of rotatable bonds is 13. The molecular formula is C23H34NO4+. The Labute approximate surface area is 168 Å². The molecule has 2 aromatic carbocycles. The zero-order valence-corrected chi connectivity index (χ0v) is 17.3. The van der Waals surface area contributed by atoms with E-state index in [0.717, 1.165) is 24.2 Å². The number of benzene rings is 2. The summed E-state index contributed by atoms with van der Waals surface area (Å²) in [6, 6.07) is 18.4. The minimum Gasteiger partial charge on any atom is -0.385 e. The summed E-state index contributed by atoms with van der Waals surface area (Å²) in [5.74, 6) is 0. The van der Waals surface area contributed by atoms with E-state index in [9.17, 15) is 5.11 Å². The monoisotopic (exact) mass is 388 g/mol. The number of hydrogen-bond acceptors (Lipinski definition) is 4. The number of ether oxygens (including phenoxy) is 3. The van der Waals surface area contributed by atoms with Crippen molar-refractivity contribution in [1.29, 1.82) is 0 Å². The molecule has 0 spiro atoms. The zero-order chi connectivity index (χ0) is 20.2. The van der Waals surface area contributed by atoms with E-state index >= 15 is 0 Å². The molecule has 0 amide bonds. The van der Waals surface area contributed by atoms with Crippen LogP contribution in [0.15, 0.2) is 54.6 Å². The predicted octanol–water partition coefficient (Wildman–Crippen LogP) is 1.64. The Morgan fingerprint density at radius 1 is 0.893 bits per heavy atom. The van der Waals surface area contributed by atoms with Crippen LogP contribution in [0.3, 0.4) is 0 Å². The molecule has 0 aliphatic rings. The summed E-state index contributed by atoms with van der Waals surface area (Å²) in [5.41, 5.74) is 3.40. The molecule has 28 heavy (non-hydrogen) atoms. The van der Waals surface area contributed by atoms with Gasteiger partial charge in [0.1, 0.15) is 31.8 Å². The molecule has 0 radical (unpaired) electrons. The summed E-state index contributed by atoms with van der Waals surface area (Å²) in [7, 11) is 3.39. The molecule has 2 atom stereocenters. The molecule has 0 heterocycles. The third-order valence-corrected chi connectivity index (χ3v) is 4.87. The topological polar surface area (TPSA) is 52.4 Å². The van der Waals surface area contributed by atoms with Gasteiger partial charge in [-0.2, -0.15) is 0 Å². The van der Waals surface area contributed by atoms with Gasteiger partial charge in [0, 0.05) is 14.2 Å². The molecule has 0 fully saturated rings. The van der Waals surface area contributed by atoms with E-state index < -0.39 is 6.10 Å². The number of hydrogen-bond donors (Lipinski definition) is 2. The molecule has 2 rings (SSSR count). The van der Waals surface area contributed by atoms with Crippen LogP contribution in [0, 0.1) is 6.92 Å². The van der Waals surface area contributed by atoms with Crippen LogP contribution >= 0.6 is 0 Å². The van der Waals surface area contributed by atoms with Crippen LogP contribution in [0.5, 0.6) is 0 Å². The van der Waals surface area contributed by atoms with E-state index in [-0.39, 0.29) is 12.7 Å². The van der Waals surface area contributed by atoms with Gasteiger partial charge in [-0.3, -0.25) is 0 Å². The SMILES string of the molecule is COCC[NH+](CCOC)C[C@H](O)CO[C@H](c1ccccc1)c1ccccc1C. The van der Waals surface area contributed by atoms with Gasteiger partial charge in [0.15, 0.2) is 0 Å². The summed E-state index contributed by atoms with van der Waals surface area (Å²) in [6.07, 6.45) is -0.752. The van der Waals surface area contributed by atoms with Crippen molar-refractivity contribution < 1.29 is 24.2 Å². The van der Waals surface area contributed by atoms with Crippen molar-refractivity contribution in [3.8, 4) is 0 Å². The van der Waals surface area contributed by atoms with Crippen molar-refractivity contribution in [3.05, 3.63) is 71.3 Å². The first-order valence-electron chi connectivity index (χ1n) is 9.87. The van der Waals surface area contributed by atoms with Crippen molar-refractivity contribution in [3.63, 3.8) is 0 Å². The molecule has 0 bridgehead atoms. The number of aryl methyl sites for hydroxylation is 1. The zero-order valence-electron chi connectivity index (χ0n) is 17.3. The Balaban J connectivity index is 2.03. The summed E-state index contributed by atoms with van der Waals surface area (Å²) in [5, 5.41) is 10.6. The van der Waals surface area contributed by atoms with E-state index in [4.69, 9.17) is 14.2 Å². The number of methoxy groups -OCH3 is 2. The summed E-state index contributed by atoms with van der Waals surface area (Å²) < 4.78 is 16.6. The Morgan fingerprint density at radius 3 is 2.11 bits per heavy atom. The quantitative estimate of drug-likeness (QED) is 0.548. The third kappa shape index (κ3) is 7.34. The standard InChI is InChI=1S/C23H33NO4/c1-19-9-7-8-12-22(19)23(20-10-5-4-6-11-20)28-18-21(25)17-24(13-15-26-2)14-16-27-3/h4-12,21,23,25H,13-18H2,1-3H3/p+1/t21-,23+/m0/s1. The third-order valence-electron chi connectivity index (χ3n) is 4.87. The molecule has 0 aliphatic carbocycles. The van der Waals surface area contributed by atoms with Gasteiger partial charge in [-0.05, 0) is 23.6 Å². The molecule has 5 heteroatoms. The molecule has 154 valence electrons. The maximum absolute atomic E-state index is 10.6. The van der Waals surface area contributed by atoms with Gasteiger partial charge in [0.2, 0.25) is 0 Å². The molecule has 2 aromatic rings. The molecule has 5 nitrogen and oxygen atoms in total. The predicted molar refractivity (Wildman–Crippen MR) is 111 cm³/mol. The van der Waals surface area contributed by atoms with E-state index in [1.54, 1.807) is 14.2 Å². The fourth-order valence-electron chi connectivity index (χ4n) is 3.30. The van der Waals surface area contributed by atoms with Gasteiger partial charge in [-0.1, -0.05) is 54.6 Å². The maximum Gasteiger partial charge on any atom is 0.126 e. The molecule has 0 unspecified atom stereocenters. The van der Waals surface area contributed by atoms with E-state index in [2.05, 4.69) is 31.2 Å². The average molecular weight is 389 g/mol. The first kappa shape index (κ1) is 22.5. The lowest BCUT2D eigenvalue weighted by Gasteiger charge is -2.25. The summed E-state index contributed by atoms with van der Waals surface area (Å²) in [4.78, 5) is 1.24. The van der Waals surface area contributed by atoms with Gasteiger partial charge < -0.3 is 24.2 Å². The van der Waals surface area contributed by atoms with Crippen molar-refractivity contribution >= 4 is 0 Å². The fourth-order valence-corrected chi connectivity index (χ4v) is 3.30. The van der Waals surface area contributed by atoms with Crippen LogP contribution in [-0.2, 0) is 14.2 Å². The van der Waals surface area contributed by atoms with Crippen LogP contribution in [0.4, 0.5) is 0 Å². The van der Waals surface area contributed by atoms with E-state index in [1.807, 2.05) is 30.3 Å². The van der Waals surface area contributed by atoms with Gasteiger partial charge in [-0.25, -0.2) is 0 Å². The Kier molecular flexibility index (Phi) is 10.2. The molecule has 2 N–H and O–H groups in total. The van der Waals surface area contributed by atoms with Crippen LogP contribution in [-0.4, -0.2) is 64.9 Å². The Morgan fingerprint density at radius 2 is 1.50 bits per heavy atom. The normalized spacial score (nSPS) is 13.6. The highest BCUT2D eigenvalue weighted by Gasteiger charge is 2.21. The van der Waals surface area contributed by atoms with Gasteiger partial charge in [-0.15, -0.1) is 0 Å². The van der Waals surface area contributed by atoms with Crippen molar-refractivity contribution in [1.82, 2.24) is 0 Å². The largest absolute Gasteiger partial charge is 0.385 e. The van der Waals surface area contributed by atoms with Crippen LogP contribution in [0.25, 0.3) is 0 Å². The first-order chi connectivity index (χ1) is 13.7. The molecular weight excluding hydrogens is 354 g/mol. The number of aliphatic hydroxyl groups is 1. The van der Waals surface area contributed by atoms with Gasteiger partial charge in [0.25, 0.3) is 0 Å². The minimum atomic E-state index is -0.557. The van der Waals surface area contributed by atoms with Gasteiger partial charge in [0.05, 0.1) is 19.8 Å². The highest BCUT2D eigenvalue weighted by molar-refractivity contribution is 5.35. The minimum absolute atomic E-state index is 0.196. The smallest absolute Gasteiger partial charge is 0.126 e. The molecule has 0 aliphatic heterocycles. The second-order valence-corrected chi connectivity index (χ2v) is 7.07. The molecule has 0 saturated heterocycles. The maximum atomic E-state index is 10.6. The van der Waals surface area contributed by atoms with Crippen molar-refractivity contribution in [2.45, 2.75) is 19.1 Å². The fraction of sp³-hybridized carbons (Fsp3) is 0.478. The first-order valence-corrected chi connectivity index (χ1v) is 9.87. The Bertz CT molecular complexity index is 657.